The lowest BCUT2D eigenvalue weighted by molar-refractivity contribution is 0.0878. The van der Waals surface area contributed by atoms with E-state index in [1.807, 2.05) is 0 Å². The molecule has 3 heteroatoms. The summed E-state index contributed by atoms with van der Waals surface area (Å²) in [7, 11) is 2.34. The van der Waals surface area contributed by atoms with Gasteiger partial charge in [-0.25, -0.2) is 0 Å². The molecule has 3 bridgehead atoms. The van der Waals surface area contributed by atoms with E-state index in [0.717, 1.165) is 22.6 Å². The number of nitrogens with zero attached hydrogens (tertiary/aromatic N) is 1. The number of hydrogen-bond donors (Lipinski definition) is 0. The van der Waals surface area contributed by atoms with E-state index in [2.05, 4.69) is 23.7 Å². The zero-order chi connectivity index (χ0) is 7.42. The Balaban J connectivity index is 0.000000563. The fourth-order valence-corrected chi connectivity index (χ4v) is 4.97. The average Bonchev–Trinajstić information content (AvgIpc) is 2.19. The Morgan fingerprint density at radius 2 is 2.08 bits per heavy atom. The molecule has 4 atom stereocenters. The fourth-order valence-electron chi connectivity index (χ4n) is 3.07. The van der Waals surface area contributed by atoms with Crippen molar-refractivity contribution < 1.29 is 0 Å². The molecule has 3 heterocycles. The van der Waals surface area contributed by atoms with Gasteiger partial charge in [0.15, 0.2) is 0 Å². The topological polar surface area (TPSA) is 3.24 Å². The highest BCUT2D eigenvalue weighted by Crippen LogP contribution is 2.50. The van der Waals surface area contributed by atoms with Gasteiger partial charge >= 0.3 is 0 Å². The van der Waals surface area contributed by atoms with Crippen LogP contribution in [0.1, 0.15) is 25.7 Å². The third-order valence-corrected chi connectivity index (χ3v) is 5.39. The monoisotopic (exact) mass is 205 g/mol. The molecule has 12 heavy (non-hydrogen) atoms. The van der Waals surface area contributed by atoms with Crippen LogP contribution < -0.4 is 0 Å². The van der Waals surface area contributed by atoms with Crippen molar-refractivity contribution in [3.05, 3.63) is 0 Å². The highest BCUT2D eigenvalue weighted by Gasteiger charge is 2.47. The van der Waals surface area contributed by atoms with Gasteiger partial charge in [-0.1, -0.05) is 0 Å². The summed E-state index contributed by atoms with van der Waals surface area (Å²) < 4.78 is 0. The van der Waals surface area contributed by atoms with E-state index in [0.29, 0.717) is 0 Å². The van der Waals surface area contributed by atoms with Crippen LogP contribution >= 0.6 is 24.2 Å². The van der Waals surface area contributed by atoms with Crippen LogP contribution in [0.25, 0.3) is 0 Å². The molecule has 3 fully saturated rings. The van der Waals surface area contributed by atoms with Crippen LogP contribution in [0, 0.1) is 0 Å². The summed E-state index contributed by atoms with van der Waals surface area (Å²) >= 11 is 2.28. The molecule has 0 radical (unpaired) electrons. The first kappa shape index (κ1) is 9.17. The van der Waals surface area contributed by atoms with Gasteiger partial charge in [0.2, 0.25) is 0 Å². The van der Waals surface area contributed by atoms with Gasteiger partial charge in [-0.15, -0.1) is 12.4 Å². The summed E-state index contributed by atoms with van der Waals surface area (Å²) in [5.74, 6) is 0. The van der Waals surface area contributed by atoms with Crippen molar-refractivity contribution in [1.82, 2.24) is 4.90 Å². The first-order valence-electron chi connectivity index (χ1n) is 4.72. The van der Waals surface area contributed by atoms with Gasteiger partial charge in [0.05, 0.1) is 0 Å². The molecular weight excluding hydrogens is 190 g/mol. The summed E-state index contributed by atoms with van der Waals surface area (Å²) in [5, 5.41) is 2.04. The molecule has 0 aromatic heterocycles. The van der Waals surface area contributed by atoms with Crippen LogP contribution in [0.3, 0.4) is 0 Å². The molecule has 1 nitrogen and oxygen atoms in total. The molecule has 0 spiro atoms. The van der Waals surface area contributed by atoms with E-state index in [1.54, 1.807) is 0 Å². The van der Waals surface area contributed by atoms with E-state index in [9.17, 15) is 0 Å². The third kappa shape index (κ3) is 1.11. The highest BCUT2D eigenvalue weighted by molar-refractivity contribution is 8.00. The van der Waals surface area contributed by atoms with E-state index in [4.69, 9.17) is 0 Å². The first-order valence-corrected chi connectivity index (χ1v) is 5.66. The Hall–Kier alpha value is 0.600. The molecule has 4 unspecified atom stereocenters. The lowest BCUT2D eigenvalue weighted by atomic mass is 9.85. The van der Waals surface area contributed by atoms with Gasteiger partial charge in [-0.3, -0.25) is 4.90 Å². The second-order valence-electron chi connectivity index (χ2n) is 4.23. The van der Waals surface area contributed by atoms with E-state index < -0.39 is 0 Å². The fraction of sp³-hybridized carbons (Fsp3) is 1.00. The molecule has 3 rings (SSSR count). The maximum Gasteiger partial charge on any atom is 0.0225 e. The average molecular weight is 206 g/mol. The quantitative estimate of drug-likeness (QED) is 0.596. The number of fused-ring (bicyclic) bond motifs is 2. The Labute approximate surface area is 84.7 Å². The van der Waals surface area contributed by atoms with Crippen molar-refractivity contribution >= 4 is 24.2 Å². The SMILES string of the molecule is CN1C2CCC3SC(C2)CC31.Cl. The summed E-state index contributed by atoms with van der Waals surface area (Å²) in [4.78, 5) is 2.66. The minimum absolute atomic E-state index is 0. The van der Waals surface area contributed by atoms with E-state index >= 15 is 0 Å². The normalized spacial score (nSPS) is 50.8. The molecule has 0 aromatic rings. The van der Waals surface area contributed by atoms with Crippen LogP contribution in [-0.4, -0.2) is 34.5 Å². The number of piperidine rings is 2. The smallest absolute Gasteiger partial charge is 0.0225 e. The van der Waals surface area contributed by atoms with Crippen LogP contribution in [-0.2, 0) is 0 Å². The predicted molar refractivity (Wildman–Crippen MR) is 56.2 cm³/mol. The van der Waals surface area contributed by atoms with Gasteiger partial charge in [0.25, 0.3) is 0 Å². The summed E-state index contributed by atoms with van der Waals surface area (Å²) in [6.07, 6.45) is 5.94. The molecule has 0 aliphatic carbocycles. The number of rotatable bonds is 0. The van der Waals surface area contributed by atoms with Gasteiger partial charge in [-0.05, 0) is 32.7 Å². The maximum absolute atomic E-state index is 2.66. The molecule has 3 aliphatic rings. The lowest BCUT2D eigenvalue weighted by Crippen LogP contribution is -2.50. The van der Waals surface area contributed by atoms with E-state index in [1.165, 1.54) is 25.7 Å². The molecule has 0 saturated carbocycles. The zero-order valence-electron chi connectivity index (χ0n) is 7.40. The van der Waals surface area contributed by atoms with Crippen molar-refractivity contribution in [2.75, 3.05) is 7.05 Å². The lowest BCUT2D eigenvalue weighted by Gasteiger charge is -2.42. The third-order valence-electron chi connectivity index (χ3n) is 3.72. The van der Waals surface area contributed by atoms with Crippen molar-refractivity contribution in [2.45, 2.75) is 48.3 Å². The van der Waals surface area contributed by atoms with Crippen LogP contribution in [0.2, 0.25) is 0 Å². The maximum atomic E-state index is 2.66. The van der Waals surface area contributed by atoms with Gasteiger partial charge in [0, 0.05) is 22.6 Å². The Morgan fingerprint density at radius 3 is 2.92 bits per heavy atom. The molecule has 0 amide bonds. The molecular formula is C9H16ClNS. The van der Waals surface area contributed by atoms with Crippen LogP contribution in [0.4, 0.5) is 0 Å². The summed E-state index contributed by atoms with van der Waals surface area (Å²) in [6, 6.07) is 1.91. The first-order chi connectivity index (χ1) is 5.34. The van der Waals surface area contributed by atoms with Crippen molar-refractivity contribution in [1.29, 1.82) is 0 Å². The molecule has 0 aromatic carbocycles. The summed E-state index contributed by atoms with van der Waals surface area (Å²) in [6.45, 7) is 0. The predicted octanol–water partition coefficient (Wildman–Crippen LogP) is 2.15. The minimum atomic E-state index is 0. The van der Waals surface area contributed by atoms with Gasteiger partial charge < -0.3 is 0 Å². The van der Waals surface area contributed by atoms with Crippen molar-refractivity contribution in [2.24, 2.45) is 0 Å². The second-order valence-corrected chi connectivity index (χ2v) is 5.78. The Morgan fingerprint density at radius 1 is 1.25 bits per heavy atom. The molecule has 3 saturated heterocycles. The largest absolute Gasteiger partial charge is 0.299 e. The zero-order valence-corrected chi connectivity index (χ0v) is 9.03. The van der Waals surface area contributed by atoms with Crippen LogP contribution in [0.5, 0.6) is 0 Å². The Bertz CT molecular complexity index is 181. The molecule has 70 valence electrons. The number of thioether (sulfide) groups is 1. The number of halogens is 1. The summed E-state index contributed by atoms with van der Waals surface area (Å²) in [5.41, 5.74) is 0. The van der Waals surface area contributed by atoms with Crippen LogP contribution in [0.15, 0.2) is 0 Å². The number of hydrogen-bond acceptors (Lipinski definition) is 2. The van der Waals surface area contributed by atoms with E-state index in [-0.39, 0.29) is 12.4 Å². The minimum Gasteiger partial charge on any atom is -0.299 e. The van der Waals surface area contributed by atoms with Crippen molar-refractivity contribution in [3.63, 3.8) is 0 Å². The molecule has 3 aliphatic heterocycles. The standard InChI is InChI=1S/C9H15NS.ClH/c1-10-6-2-3-9-8(10)5-7(4-6)11-9;/h6-9H,2-5H2,1H3;1H. The van der Waals surface area contributed by atoms with Gasteiger partial charge in [0.1, 0.15) is 0 Å². The Kier molecular flexibility index (Phi) is 2.35. The van der Waals surface area contributed by atoms with Crippen molar-refractivity contribution in [3.8, 4) is 0 Å². The molecule has 0 N–H and O–H groups in total. The van der Waals surface area contributed by atoms with Gasteiger partial charge in [-0.2, -0.15) is 11.8 Å². The second kappa shape index (κ2) is 3.07. The highest BCUT2D eigenvalue weighted by atomic mass is 35.5.